The molecule has 0 aliphatic heterocycles. The first-order chi connectivity index (χ1) is 9.60. The lowest BCUT2D eigenvalue weighted by atomic mass is 9.90. The highest BCUT2D eigenvalue weighted by molar-refractivity contribution is 5.81. The van der Waals surface area contributed by atoms with Crippen LogP contribution in [0.5, 0.6) is 0 Å². The van der Waals surface area contributed by atoms with Gasteiger partial charge < -0.3 is 10.6 Å². The van der Waals surface area contributed by atoms with Crippen molar-refractivity contribution < 1.29 is 4.79 Å². The van der Waals surface area contributed by atoms with E-state index in [0.717, 1.165) is 13.0 Å². The quantitative estimate of drug-likeness (QED) is 0.671. The van der Waals surface area contributed by atoms with E-state index in [-0.39, 0.29) is 11.9 Å². The van der Waals surface area contributed by atoms with E-state index in [1.807, 2.05) is 14.0 Å². The summed E-state index contributed by atoms with van der Waals surface area (Å²) in [5, 5.41) is 6.42. The van der Waals surface area contributed by atoms with E-state index in [1.165, 1.54) is 38.5 Å². The van der Waals surface area contributed by atoms with E-state index in [2.05, 4.69) is 29.5 Å². The Morgan fingerprint density at radius 3 is 2.45 bits per heavy atom. The summed E-state index contributed by atoms with van der Waals surface area (Å²) < 4.78 is 0. The largest absolute Gasteiger partial charge is 0.355 e. The van der Waals surface area contributed by atoms with E-state index in [1.54, 1.807) is 0 Å². The molecule has 1 aliphatic rings. The van der Waals surface area contributed by atoms with Crippen molar-refractivity contribution in [2.45, 2.75) is 76.9 Å². The highest BCUT2D eigenvalue weighted by Gasteiger charge is 2.28. The van der Waals surface area contributed by atoms with Crippen LogP contribution in [-0.4, -0.2) is 49.6 Å². The van der Waals surface area contributed by atoms with E-state index in [0.29, 0.717) is 12.1 Å². The van der Waals surface area contributed by atoms with Gasteiger partial charge in [0.15, 0.2) is 0 Å². The van der Waals surface area contributed by atoms with Crippen LogP contribution in [0.15, 0.2) is 0 Å². The van der Waals surface area contributed by atoms with Crippen molar-refractivity contribution in [3.8, 4) is 0 Å². The number of likely N-dealkylation sites (N-methyl/N-ethyl adjacent to an activating group) is 1. The zero-order valence-electron chi connectivity index (χ0n) is 13.7. The smallest absolute Gasteiger partial charge is 0.237 e. The molecule has 0 saturated heterocycles. The Bertz CT molecular complexity index is 275. The Labute approximate surface area is 124 Å². The molecule has 1 fully saturated rings. The van der Waals surface area contributed by atoms with Gasteiger partial charge in [-0.25, -0.2) is 0 Å². The van der Waals surface area contributed by atoms with E-state index >= 15 is 0 Å². The first kappa shape index (κ1) is 17.4. The minimum Gasteiger partial charge on any atom is -0.355 e. The lowest BCUT2D eigenvalue weighted by Crippen LogP contribution is -2.49. The molecule has 20 heavy (non-hydrogen) atoms. The van der Waals surface area contributed by atoms with Crippen LogP contribution in [0, 0.1) is 0 Å². The first-order valence-corrected chi connectivity index (χ1v) is 8.27. The summed E-state index contributed by atoms with van der Waals surface area (Å²) in [6.45, 7) is 5.02. The van der Waals surface area contributed by atoms with Gasteiger partial charge in [0.25, 0.3) is 0 Å². The first-order valence-electron chi connectivity index (χ1n) is 8.27. The Balaban J connectivity index is 2.30. The van der Waals surface area contributed by atoms with Gasteiger partial charge in [-0.3, -0.25) is 9.69 Å². The Hall–Kier alpha value is -0.610. The standard InChI is InChI=1S/C16H33N3O/c1-5-6-7-12-18-16(20)13(2)19(4)15-10-8-14(17-3)9-11-15/h13-15,17H,5-12H2,1-4H3,(H,18,20). The monoisotopic (exact) mass is 283 g/mol. The number of hydrogen-bond acceptors (Lipinski definition) is 3. The molecule has 2 N–H and O–H groups in total. The molecule has 0 aromatic heterocycles. The van der Waals surface area contributed by atoms with Gasteiger partial charge in [0.05, 0.1) is 6.04 Å². The molecule has 0 heterocycles. The van der Waals surface area contributed by atoms with Crippen LogP contribution in [0.3, 0.4) is 0 Å². The molecule has 0 aromatic carbocycles. The van der Waals surface area contributed by atoms with Crippen LogP contribution in [0.4, 0.5) is 0 Å². The molecule has 4 nitrogen and oxygen atoms in total. The summed E-state index contributed by atoms with van der Waals surface area (Å²) in [6.07, 6.45) is 8.29. The van der Waals surface area contributed by atoms with Gasteiger partial charge in [0.2, 0.25) is 5.91 Å². The average molecular weight is 283 g/mol. The SMILES string of the molecule is CCCCCNC(=O)C(C)N(C)C1CCC(NC)CC1. The second-order valence-electron chi connectivity index (χ2n) is 6.13. The maximum absolute atomic E-state index is 12.1. The van der Waals surface area contributed by atoms with Gasteiger partial charge >= 0.3 is 0 Å². The molecule has 1 unspecified atom stereocenters. The maximum atomic E-state index is 12.1. The van der Waals surface area contributed by atoms with Crippen molar-refractivity contribution in [3.05, 3.63) is 0 Å². The number of hydrogen-bond donors (Lipinski definition) is 2. The molecular weight excluding hydrogens is 250 g/mol. The van der Waals surface area contributed by atoms with Crippen LogP contribution in [0.2, 0.25) is 0 Å². The molecular formula is C16H33N3O. The Morgan fingerprint density at radius 1 is 1.25 bits per heavy atom. The number of rotatable bonds is 8. The number of amides is 1. The number of nitrogens with one attached hydrogen (secondary N) is 2. The lowest BCUT2D eigenvalue weighted by Gasteiger charge is -2.37. The minimum absolute atomic E-state index is 0.0206. The van der Waals surface area contributed by atoms with Crippen LogP contribution in [-0.2, 0) is 4.79 Å². The molecule has 1 amide bonds. The van der Waals surface area contributed by atoms with Crippen LogP contribution in [0.25, 0.3) is 0 Å². The topological polar surface area (TPSA) is 44.4 Å². The average Bonchev–Trinajstić information content (AvgIpc) is 2.50. The number of nitrogens with zero attached hydrogens (tertiary/aromatic N) is 1. The van der Waals surface area contributed by atoms with Crippen molar-refractivity contribution in [2.75, 3.05) is 20.6 Å². The van der Waals surface area contributed by atoms with Gasteiger partial charge in [-0.1, -0.05) is 19.8 Å². The zero-order valence-corrected chi connectivity index (χ0v) is 13.7. The van der Waals surface area contributed by atoms with Crippen molar-refractivity contribution in [1.82, 2.24) is 15.5 Å². The van der Waals surface area contributed by atoms with Crippen LogP contribution >= 0.6 is 0 Å². The zero-order chi connectivity index (χ0) is 15.0. The van der Waals surface area contributed by atoms with Crippen molar-refractivity contribution in [1.29, 1.82) is 0 Å². The van der Waals surface area contributed by atoms with Crippen LogP contribution in [0.1, 0.15) is 58.8 Å². The summed E-state index contributed by atoms with van der Waals surface area (Å²) in [5.41, 5.74) is 0. The number of unbranched alkanes of at least 4 members (excludes halogenated alkanes) is 2. The molecule has 1 aliphatic carbocycles. The minimum atomic E-state index is -0.0206. The van der Waals surface area contributed by atoms with Gasteiger partial charge in [-0.05, 0) is 53.1 Å². The second-order valence-corrected chi connectivity index (χ2v) is 6.13. The van der Waals surface area contributed by atoms with Gasteiger partial charge in [-0.15, -0.1) is 0 Å². The normalized spacial score (nSPS) is 24.6. The predicted octanol–water partition coefficient (Wildman–Crippen LogP) is 2.14. The van der Waals surface area contributed by atoms with Crippen molar-refractivity contribution >= 4 is 5.91 Å². The third-order valence-electron chi connectivity index (χ3n) is 4.75. The highest BCUT2D eigenvalue weighted by atomic mass is 16.2. The molecule has 0 radical (unpaired) electrons. The van der Waals surface area contributed by atoms with E-state index < -0.39 is 0 Å². The second kappa shape index (κ2) is 9.35. The molecule has 0 spiro atoms. The fraction of sp³-hybridized carbons (Fsp3) is 0.938. The molecule has 1 atom stereocenters. The molecule has 118 valence electrons. The lowest BCUT2D eigenvalue weighted by molar-refractivity contribution is -0.126. The van der Waals surface area contributed by atoms with Crippen LogP contribution < -0.4 is 10.6 Å². The maximum Gasteiger partial charge on any atom is 0.237 e. The third-order valence-corrected chi connectivity index (χ3v) is 4.75. The Kier molecular flexibility index (Phi) is 8.15. The summed E-state index contributed by atoms with van der Waals surface area (Å²) in [7, 11) is 4.14. The number of carbonyl (C=O) groups is 1. The molecule has 0 bridgehead atoms. The van der Waals surface area contributed by atoms with E-state index in [9.17, 15) is 4.79 Å². The summed E-state index contributed by atoms with van der Waals surface area (Å²) in [5.74, 6) is 0.180. The summed E-state index contributed by atoms with van der Waals surface area (Å²) in [4.78, 5) is 14.4. The molecule has 1 saturated carbocycles. The predicted molar refractivity (Wildman–Crippen MR) is 84.9 cm³/mol. The summed E-state index contributed by atoms with van der Waals surface area (Å²) >= 11 is 0. The summed E-state index contributed by atoms with van der Waals surface area (Å²) in [6, 6.07) is 1.20. The molecule has 1 rings (SSSR count). The van der Waals surface area contributed by atoms with Crippen molar-refractivity contribution in [2.24, 2.45) is 0 Å². The molecule has 4 heteroatoms. The molecule has 0 aromatic rings. The van der Waals surface area contributed by atoms with Gasteiger partial charge in [0.1, 0.15) is 0 Å². The highest BCUT2D eigenvalue weighted by Crippen LogP contribution is 2.23. The van der Waals surface area contributed by atoms with E-state index in [4.69, 9.17) is 0 Å². The van der Waals surface area contributed by atoms with Crippen molar-refractivity contribution in [3.63, 3.8) is 0 Å². The fourth-order valence-corrected chi connectivity index (χ4v) is 3.01. The number of carbonyl (C=O) groups excluding carboxylic acids is 1. The van der Waals surface area contributed by atoms with Gasteiger partial charge in [0, 0.05) is 18.6 Å². The fourth-order valence-electron chi connectivity index (χ4n) is 3.01. The van der Waals surface area contributed by atoms with Gasteiger partial charge in [-0.2, -0.15) is 0 Å². The Morgan fingerprint density at radius 2 is 1.90 bits per heavy atom. The third kappa shape index (κ3) is 5.41.